The van der Waals surface area contributed by atoms with Gasteiger partial charge in [0, 0.05) is 16.3 Å². The predicted octanol–water partition coefficient (Wildman–Crippen LogP) is 4.27. The van der Waals surface area contributed by atoms with Gasteiger partial charge in [-0.3, -0.25) is 0 Å². The molecular formula is C12H13Br3N2O2. The van der Waals surface area contributed by atoms with Gasteiger partial charge in [-0.2, -0.15) is 0 Å². The van der Waals surface area contributed by atoms with Crippen molar-refractivity contribution in [2.24, 2.45) is 16.3 Å². The van der Waals surface area contributed by atoms with Gasteiger partial charge in [0.2, 0.25) is 0 Å². The van der Waals surface area contributed by atoms with Gasteiger partial charge in [0.25, 0.3) is 0 Å². The molecule has 0 spiro atoms. The lowest BCUT2D eigenvalue weighted by Crippen LogP contribution is -2.22. The molecule has 3 N–H and O–H groups in total. The van der Waals surface area contributed by atoms with Gasteiger partial charge in [0.1, 0.15) is 11.6 Å². The van der Waals surface area contributed by atoms with Crippen LogP contribution in [0.25, 0.3) is 0 Å². The third-order valence-corrected chi connectivity index (χ3v) is 4.76. The lowest BCUT2D eigenvalue weighted by Gasteiger charge is -2.17. The minimum atomic E-state index is 0.0161. The number of amidine groups is 1. The normalized spacial score (nSPS) is 17.3. The molecule has 1 aromatic carbocycles. The molecule has 104 valence electrons. The Balaban J connectivity index is 2.04. The summed E-state index contributed by atoms with van der Waals surface area (Å²) in [6.45, 7) is 0.558. The number of oxime groups is 1. The van der Waals surface area contributed by atoms with Gasteiger partial charge >= 0.3 is 0 Å². The van der Waals surface area contributed by atoms with Gasteiger partial charge in [0.15, 0.2) is 0 Å². The van der Waals surface area contributed by atoms with Gasteiger partial charge in [-0.15, -0.1) is 0 Å². The lowest BCUT2D eigenvalue weighted by molar-refractivity contribution is 0.233. The maximum absolute atomic E-state index is 8.63. The minimum Gasteiger partial charge on any atom is -0.491 e. The summed E-state index contributed by atoms with van der Waals surface area (Å²) in [5, 5.41) is 11.7. The van der Waals surface area contributed by atoms with Crippen molar-refractivity contribution in [3.05, 3.63) is 25.6 Å². The van der Waals surface area contributed by atoms with Crippen LogP contribution < -0.4 is 10.5 Å². The molecule has 4 nitrogen and oxygen atoms in total. The van der Waals surface area contributed by atoms with Crippen LogP contribution in [0.15, 0.2) is 30.7 Å². The average molecular weight is 457 g/mol. The zero-order chi connectivity index (χ0) is 14.0. The van der Waals surface area contributed by atoms with Crippen molar-refractivity contribution in [3.8, 4) is 5.75 Å². The van der Waals surface area contributed by atoms with E-state index in [4.69, 9.17) is 15.7 Å². The van der Waals surface area contributed by atoms with Crippen molar-refractivity contribution < 1.29 is 9.94 Å². The first-order valence-corrected chi connectivity index (χ1v) is 8.07. The van der Waals surface area contributed by atoms with E-state index >= 15 is 0 Å². The molecule has 1 fully saturated rings. The molecule has 1 aliphatic rings. The highest BCUT2D eigenvalue weighted by atomic mass is 79.9. The van der Waals surface area contributed by atoms with Crippen LogP contribution in [0, 0.1) is 5.41 Å². The highest BCUT2D eigenvalue weighted by Gasteiger charge is 2.44. The SMILES string of the molecule is NC(CC1(COc2c(Br)cc(Br)cc2Br)CC1)=NO. The molecule has 0 radical (unpaired) electrons. The van der Waals surface area contributed by atoms with Crippen molar-refractivity contribution >= 4 is 53.6 Å². The van der Waals surface area contributed by atoms with E-state index in [0.29, 0.717) is 13.0 Å². The molecule has 1 aliphatic carbocycles. The molecule has 0 amide bonds. The molecule has 1 aromatic rings. The molecule has 1 saturated carbocycles. The van der Waals surface area contributed by atoms with E-state index in [0.717, 1.165) is 32.0 Å². The Hall–Kier alpha value is -0.270. The van der Waals surface area contributed by atoms with Gasteiger partial charge in [0.05, 0.1) is 15.6 Å². The second-order valence-electron chi connectivity index (χ2n) is 4.76. The first-order valence-electron chi connectivity index (χ1n) is 5.69. The third kappa shape index (κ3) is 3.86. The zero-order valence-electron chi connectivity index (χ0n) is 10.00. The molecule has 0 atom stereocenters. The Morgan fingerprint density at radius 1 is 1.32 bits per heavy atom. The Bertz CT molecular complexity index is 493. The molecule has 19 heavy (non-hydrogen) atoms. The minimum absolute atomic E-state index is 0.0161. The summed E-state index contributed by atoms with van der Waals surface area (Å²) < 4.78 is 8.62. The fraction of sp³-hybridized carbons (Fsp3) is 0.417. The van der Waals surface area contributed by atoms with Crippen molar-refractivity contribution in [1.82, 2.24) is 0 Å². The van der Waals surface area contributed by atoms with E-state index in [1.807, 2.05) is 12.1 Å². The molecular weight excluding hydrogens is 444 g/mol. The maximum Gasteiger partial charge on any atom is 0.147 e. The van der Waals surface area contributed by atoms with E-state index in [1.54, 1.807) is 0 Å². The molecule has 0 heterocycles. The Labute approximate surface area is 136 Å². The first-order chi connectivity index (χ1) is 8.96. The van der Waals surface area contributed by atoms with Crippen LogP contribution in [-0.2, 0) is 0 Å². The van der Waals surface area contributed by atoms with Crippen molar-refractivity contribution in [1.29, 1.82) is 0 Å². The maximum atomic E-state index is 8.63. The van der Waals surface area contributed by atoms with E-state index in [2.05, 4.69) is 52.9 Å². The van der Waals surface area contributed by atoms with E-state index < -0.39 is 0 Å². The fourth-order valence-corrected chi connectivity index (χ4v) is 4.35. The molecule has 0 bridgehead atoms. The Morgan fingerprint density at radius 2 is 1.89 bits per heavy atom. The summed E-state index contributed by atoms with van der Waals surface area (Å²) in [4.78, 5) is 0. The quantitative estimate of drug-likeness (QED) is 0.301. The van der Waals surface area contributed by atoms with Crippen LogP contribution in [0.4, 0.5) is 0 Å². The number of nitrogens with zero attached hydrogens (tertiary/aromatic N) is 1. The lowest BCUT2D eigenvalue weighted by atomic mass is 10.0. The summed E-state index contributed by atoms with van der Waals surface area (Å²) in [5.74, 6) is 1.03. The van der Waals surface area contributed by atoms with Gasteiger partial charge in [-0.05, 0) is 56.8 Å². The monoisotopic (exact) mass is 454 g/mol. The van der Waals surface area contributed by atoms with E-state index in [-0.39, 0.29) is 11.3 Å². The summed E-state index contributed by atoms with van der Waals surface area (Å²) >= 11 is 10.4. The highest BCUT2D eigenvalue weighted by molar-refractivity contribution is 9.11. The third-order valence-electron chi connectivity index (χ3n) is 3.13. The van der Waals surface area contributed by atoms with E-state index in [1.165, 1.54) is 0 Å². The molecule has 2 rings (SSSR count). The predicted molar refractivity (Wildman–Crippen MR) is 84.7 cm³/mol. The Morgan fingerprint density at radius 3 is 2.37 bits per heavy atom. The van der Waals surface area contributed by atoms with Gasteiger partial charge in [-0.25, -0.2) is 0 Å². The highest BCUT2D eigenvalue weighted by Crippen LogP contribution is 2.49. The number of nitrogens with two attached hydrogens (primary N) is 1. The van der Waals surface area contributed by atoms with Gasteiger partial charge in [-0.1, -0.05) is 21.1 Å². The number of hydrogen-bond donors (Lipinski definition) is 2. The summed E-state index contributed by atoms with van der Waals surface area (Å²) in [7, 11) is 0. The number of halogens is 3. The first kappa shape index (κ1) is 15.1. The number of rotatable bonds is 5. The molecule has 0 unspecified atom stereocenters. The molecule has 0 saturated heterocycles. The van der Waals surface area contributed by atoms with Crippen LogP contribution in [0.3, 0.4) is 0 Å². The largest absolute Gasteiger partial charge is 0.491 e. The number of hydrogen-bond acceptors (Lipinski definition) is 3. The van der Waals surface area contributed by atoms with Crippen LogP contribution in [0.2, 0.25) is 0 Å². The number of ether oxygens (including phenoxy) is 1. The second-order valence-corrected chi connectivity index (χ2v) is 7.38. The molecule has 7 heteroatoms. The second kappa shape index (κ2) is 6.01. The van der Waals surface area contributed by atoms with Crippen LogP contribution in [-0.4, -0.2) is 17.6 Å². The van der Waals surface area contributed by atoms with Gasteiger partial charge < -0.3 is 15.7 Å². The van der Waals surface area contributed by atoms with Crippen molar-refractivity contribution in [2.75, 3.05) is 6.61 Å². The number of benzene rings is 1. The van der Waals surface area contributed by atoms with Crippen LogP contribution in [0.5, 0.6) is 5.75 Å². The molecule has 0 aliphatic heterocycles. The van der Waals surface area contributed by atoms with Crippen LogP contribution >= 0.6 is 47.8 Å². The topological polar surface area (TPSA) is 67.8 Å². The summed E-state index contributed by atoms with van der Waals surface area (Å²) in [6.07, 6.45) is 2.64. The van der Waals surface area contributed by atoms with E-state index in [9.17, 15) is 0 Å². The zero-order valence-corrected chi connectivity index (χ0v) is 14.8. The summed E-state index contributed by atoms with van der Waals surface area (Å²) in [6, 6.07) is 3.87. The average Bonchev–Trinajstić information content (AvgIpc) is 3.07. The van der Waals surface area contributed by atoms with Crippen molar-refractivity contribution in [3.63, 3.8) is 0 Å². The Kier molecular flexibility index (Phi) is 4.79. The van der Waals surface area contributed by atoms with Crippen molar-refractivity contribution in [2.45, 2.75) is 19.3 Å². The summed E-state index contributed by atoms with van der Waals surface area (Å²) in [5.41, 5.74) is 5.58. The standard InChI is InChI=1S/C12H13Br3N2O2/c13-7-3-8(14)11(9(15)4-7)19-6-12(1-2-12)5-10(16)17-18/h3-4,18H,1-2,5-6H2,(H2,16,17). The smallest absolute Gasteiger partial charge is 0.147 e. The van der Waals surface area contributed by atoms with Crippen LogP contribution in [0.1, 0.15) is 19.3 Å². The molecule has 0 aromatic heterocycles. The fourth-order valence-electron chi connectivity index (χ4n) is 1.86.